The second-order valence-electron chi connectivity index (χ2n) is 6.60. The molecule has 0 spiro atoms. The maximum Gasteiger partial charge on any atom is 0.251 e. The Kier molecular flexibility index (Phi) is 7.34. The Morgan fingerprint density at radius 2 is 1.89 bits per heavy atom. The van der Waals surface area contributed by atoms with E-state index in [1.165, 1.54) is 10.4 Å². The van der Waals surface area contributed by atoms with Gasteiger partial charge in [-0.1, -0.05) is 13.0 Å². The largest absolute Gasteiger partial charge is 0.379 e. The van der Waals surface area contributed by atoms with E-state index in [1.807, 2.05) is 20.8 Å². The van der Waals surface area contributed by atoms with Crippen LogP contribution in [0, 0.1) is 0 Å². The van der Waals surface area contributed by atoms with Gasteiger partial charge in [0.2, 0.25) is 15.9 Å². The van der Waals surface area contributed by atoms with Gasteiger partial charge in [0, 0.05) is 24.7 Å². The van der Waals surface area contributed by atoms with Crippen LogP contribution in [0.15, 0.2) is 23.1 Å². The smallest absolute Gasteiger partial charge is 0.251 e. The van der Waals surface area contributed by atoms with E-state index < -0.39 is 15.9 Å². The fourth-order valence-electron chi connectivity index (χ4n) is 2.79. The summed E-state index contributed by atoms with van der Waals surface area (Å²) < 4.78 is 32.6. The maximum atomic E-state index is 13.0. The predicted octanol–water partition coefficient (Wildman–Crippen LogP) is 0.524. The Balaban J connectivity index is 2.21. The van der Waals surface area contributed by atoms with Crippen molar-refractivity contribution in [3.05, 3.63) is 29.3 Å². The van der Waals surface area contributed by atoms with Gasteiger partial charge in [-0.05, 0) is 38.0 Å². The third-order valence-corrected chi connectivity index (χ3v) is 6.14. The zero-order chi connectivity index (χ0) is 20.0. The van der Waals surface area contributed by atoms with Crippen LogP contribution < -0.4 is 10.6 Å². The van der Waals surface area contributed by atoms with E-state index in [-0.39, 0.29) is 42.0 Å². The summed E-state index contributed by atoms with van der Waals surface area (Å²) in [4.78, 5) is 24.2. The fourth-order valence-corrected chi connectivity index (χ4v) is 4.52. The number of ether oxygens (including phenoxy) is 1. The normalized spacial score (nSPS) is 15.6. The number of carbonyl (C=O) groups is 2. The minimum absolute atomic E-state index is 0.0245. The number of sulfonamides is 1. The molecule has 1 fully saturated rings. The quantitative estimate of drug-likeness (QED) is 0.698. The van der Waals surface area contributed by atoms with E-state index in [0.717, 1.165) is 0 Å². The van der Waals surface area contributed by atoms with Crippen molar-refractivity contribution in [2.45, 2.75) is 38.1 Å². The maximum absolute atomic E-state index is 13.0. The molecule has 27 heavy (non-hydrogen) atoms. The van der Waals surface area contributed by atoms with Crippen LogP contribution in [0.1, 0.15) is 36.7 Å². The molecular weight excluding hydrogens is 370 g/mol. The van der Waals surface area contributed by atoms with Crippen LogP contribution in [0.5, 0.6) is 0 Å². The van der Waals surface area contributed by atoms with Crippen molar-refractivity contribution in [2.75, 3.05) is 32.8 Å². The predicted molar refractivity (Wildman–Crippen MR) is 101 cm³/mol. The Morgan fingerprint density at radius 3 is 2.48 bits per heavy atom. The number of carbonyl (C=O) groups excluding carboxylic acids is 2. The van der Waals surface area contributed by atoms with Crippen LogP contribution in [0.2, 0.25) is 0 Å². The van der Waals surface area contributed by atoms with E-state index >= 15 is 0 Å². The molecule has 1 aliphatic rings. The van der Waals surface area contributed by atoms with Crippen molar-refractivity contribution in [2.24, 2.45) is 0 Å². The molecule has 0 saturated carbocycles. The van der Waals surface area contributed by atoms with Crippen LogP contribution in [-0.2, 0) is 26.0 Å². The lowest BCUT2D eigenvalue weighted by Crippen LogP contribution is -2.41. The van der Waals surface area contributed by atoms with Gasteiger partial charge < -0.3 is 15.4 Å². The van der Waals surface area contributed by atoms with Crippen LogP contribution in [-0.4, -0.2) is 63.4 Å². The van der Waals surface area contributed by atoms with Crippen LogP contribution in [0.4, 0.5) is 0 Å². The monoisotopic (exact) mass is 397 g/mol. The molecule has 2 N–H and O–H groups in total. The number of hydrogen-bond acceptors (Lipinski definition) is 5. The first kappa shape index (κ1) is 21.3. The number of benzene rings is 1. The molecule has 2 amide bonds. The lowest BCUT2D eigenvalue weighted by Gasteiger charge is -2.27. The molecule has 0 bridgehead atoms. The zero-order valence-corrected chi connectivity index (χ0v) is 16.8. The molecule has 1 aromatic carbocycles. The van der Waals surface area contributed by atoms with Gasteiger partial charge in [0.25, 0.3) is 5.91 Å². The van der Waals surface area contributed by atoms with Gasteiger partial charge in [0.05, 0.1) is 24.7 Å². The second-order valence-corrected chi connectivity index (χ2v) is 8.50. The molecular formula is C18H27N3O5S. The summed E-state index contributed by atoms with van der Waals surface area (Å²) in [6, 6.07) is 4.59. The molecule has 0 unspecified atom stereocenters. The summed E-state index contributed by atoms with van der Waals surface area (Å²) in [7, 11) is -3.71. The van der Waals surface area contributed by atoms with Gasteiger partial charge in [0.1, 0.15) is 0 Å². The number of nitrogens with one attached hydrogen (secondary N) is 2. The summed E-state index contributed by atoms with van der Waals surface area (Å²) in [5.74, 6) is -0.792. The van der Waals surface area contributed by atoms with Crippen molar-refractivity contribution in [3.8, 4) is 0 Å². The topological polar surface area (TPSA) is 105 Å². The van der Waals surface area contributed by atoms with Crippen molar-refractivity contribution in [3.63, 3.8) is 0 Å². The van der Waals surface area contributed by atoms with Gasteiger partial charge in [-0.25, -0.2) is 8.42 Å². The number of aryl methyl sites for hydroxylation is 1. The summed E-state index contributed by atoms with van der Waals surface area (Å²) in [5, 5.41) is 5.20. The molecule has 1 heterocycles. The van der Waals surface area contributed by atoms with Gasteiger partial charge in [-0.15, -0.1) is 0 Å². The summed E-state index contributed by atoms with van der Waals surface area (Å²) in [5.41, 5.74) is 0.854. The van der Waals surface area contributed by atoms with Gasteiger partial charge in [-0.2, -0.15) is 4.31 Å². The molecule has 2 rings (SSSR count). The number of nitrogens with zero attached hydrogens (tertiary/aromatic N) is 1. The highest BCUT2D eigenvalue weighted by Gasteiger charge is 2.29. The molecule has 0 atom stereocenters. The van der Waals surface area contributed by atoms with Crippen LogP contribution >= 0.6 is 0 Å². The summed E-state index contributed by atoms with van der Waals surface area (Å²) >= 11 is 0. The second kappa shape index (κ2) is 9.29. The number of hydrogen-bond donors (Lipinski definition) is 2. The first-order valence-electron chi connectivity index (χ1n) is 9.04. The van der Waals surface area contributed by atoms with Gasteiger partial charge >= 0.3 is 0 Å². The molecule has 0 aliphatic carbocycles. The fraction of sp³-hybridized carbons (Fsp3) is 0.556. The number of rotatable bonds is 7. The highest BCUT2D eigenvalue weighted by molar-refractivity contribution is 7.89. The Hall–Kier alpha value is -1.97. The minimum atomic E-state index is -3.71. The lowest BCUT2D eigenvalue weighted by molar-refractivity contribution is -0.120. The van der Waals surface area contributed by atoms with Crippen LogP contribution in [0.3, 0.4) is 0 Å². The first-order valence-corrected chi connectivity index (χ1v) is 10.5. The SMILES string of the molecule is CCc1ccc(C(=O)NCC(=O)NC(C)C)cc1S(=O)(=O)N1CCOCC1. The number of morpholine rings is 1. The van der Waals surface area contributed by atoms with E-state index in [2.05, 4.69) is 10.6 Å². The molecule has 0 aromatic heterocycles. The van der Waals surface area contributed by atoms with Crippen molar-refractivity contribution >= 4 is 21.8 Å². The minimum Gasteiger partial charge on any atom is -0.379 e. The van der Waals surface area contributed by atoms with E-state index in [1.54, 1.807) is 12.1 Å². The average molecular weight is 397 g/mol. The summed E-state index contributed by atoms with van der Waals surface area (Å²) in [6.07, 6.45) is 0.525. The van der Waals surface area contributed by atoms with Gasteiger partial charge in [0.15, 0.2) is 0 Å². The molecule has 0 radical (unpaired) electrons. The molecule has 8 nitrogen and oxygen atoms in total. The van der Waals surface area contributed by atoms with E-state index in [4.69, 9.17) is 4.74 Å². The molecule has 1 saturated heterocycles. The zero-order valence-electron chi connectivity index (χ0n) is 15.9. The molecule has 1 aliphatic heterocycles. The molecule has 1 aromatic rings. The third kappa shape index (κ3) is 5.50. The molecule has 150 valence electrons. The number of amides is 2. The highest BCUT2D eigenvalue weighted by Crippen LogP contribution is 2.23. The Morgan fingerprint density at radius 1 is 1.22 bits per heavy atom. The van der Waals surface area contributed by atoms with Crippen molar-refractivity contribution in [1.82, 2.24) is 14.9 Å². The van der Waals surface area contributed by atoms with E-state index in [9.17, 15) is 18.0 Å². The first-order chi connectivity index (χ1) is 12.8. The van der Waals surface area contributed by atoms with Crippen molar-refractivity contribution < 1.29 is 22.7 Å². The Bertz CT molecular complexity index is 786. The molecule has 9 heteroatoms. The van der Waals surface area contributed by atoms with E-state index in [0.29, 0.717) is 25.2 Å². The summed E-state index contributed by atoms with van der Waals surface area (Å²) in [6.45, 7) is 6.63. The van der Waals surface area contributed by atoms with Crippen molar-refractivity contribution in [1.29, 1.82) is 0 Å². The Labute approximate surface area is 160 Å². The lowest BCUT2D eigenvalue weighted by atomic mass is 10.1. The van der Waals surface area contributed by atoms with Crippen LogP contribution in [0.25, 0.3) is 0 Å². The third-order valence-electron chi connectivity index (χ3n) is 4.16. The average Bonchev–Trinajstić information content (AvgIpc) is 2.65. The van der Waals surface area contributed by atoms with Gasteiger partial charge in [-0.3, -0.25) is 9.59 Å². The highest BCUT2D eigenvalue weighted by atomic mass is 32.2. The standard InChI is InChI=1S/C18H27N3O5S/c1-4-14-5-6-15(18(23)19-12-17(22)20-13(2)3)11-16(14)27(24,25)21-7-9-26-10-8-21/h5-6,11,13H,4,7-10,12H2,1-3H3,(H,19,23)(H,20,22).